The smallest absolute Gasteiger partial charge is 0.0626 e. The highest BCUT2D eigenvalue weighted by Gasteiger charge is 2.26. The molecule has 0 aliphatic rings. The van der Waals surface area contributed by atoms with Crippen LogP contribution >= 0.6 is 0 Å². The van der Waals surface area contributed by atoms with Gasteiger partial charge in [-0.2, -0.15) is 0 Å². The van der Waals surface area contributed by atoms with Crippen molar-refractivity contribution in [1.82, 2.24) is 0 Å². The predicted molar refractivity (Wildman–Crippen MR) is 138 cm³/mol. The molecule has 0 aromatic heterocycles. The van der Waals surface area contributed by atoms with E-state index >= 15 is 0 Å². The van der Waals surface area contributed by atoms with Gasteiger partial charge in [0.25, 0.3) is 0 Å². The maximum Gasteiger partial charge on any atom is 0.112 e. The first-order valence-corrected chi connectivity index (χ1v) is 16.7. The summed E-state index contributed by atoms with van der Waals surface area (Å²) in [6, 6.07) is 40.4. The lowest BCUT2D eigenvalue weighted by Gasteiger charge is -2.24. The van der Waals surface area contributed by atoms with Crippen molar-refractivity contribution < 1.29 is 0 Å². The third-order valence-electron chi connectivity index (χ3n) is 6.54. The minimum absolute atomic E-state index is 1.29. The van der Waals surface area contributed by atoms with Crippen LogP contribution in [-0.4, -0.2) is 16.1 Å². The molecule has 0 aliphatic heterocycles. The second-order valence-electron chi connectivity index (χ2n) is 9.14. The summed E-state index contributed by atoms with van der Waals surface area (Å²) in [6.07, 6.45) is 0. The Balaban J connectivity index is 1.58. The first kappa shape index (κ1) is 20.6. The van der Waals surface area contributed by atoms with Crippen LogP contribution in [0.25, 0.3) is 11.1 Å². The topological polar surface area (TPSA) is 0 Å². The van der Waals surface area contributed by atoms with Crippen LogP contribution in [0.4, 0.5) is 0 Å². The van der Waals surface area contributed by atoms with Crippen molar-refractivity contribution in [1.29, 1.82) is 0 Å². The zero-order valence-electron chi connectivity index (χ0n) is 18.4. The van der Waals surface area contributed by atoms with Gasteiger partial charge in [-0.3, -0.25) is 0 Å². The van der Waals surface area contributed by atoms with Gasteiger partial charge in [-0.1, -0.05) is 156 Å². The molecule has 0 unspecified atom stereocenters. The standard InChI is InChI=1S/C28H30Si2/c1-29(2,25-11-7-5-8-12-25)27-19-15-23(16-20-27)24-17-21-28(22-18-24)30(3,4)26-13-9-6-10-14-26/h5-22H,1-4H3. The SMILES string of the molecule is C[Si](C)(c1ccccc1)c1ccc(-c2ccc([Si](C)(C)c3ccccc3)cc2)cc1. The highest BCUT2D eigenvalue weighted by molar-refractivity contribution is 7.00. The van der Waals surface area contributed by atoms with Crippen LogP contribution in [0.1, 0.15) is 0 Å². The average molecular weight is 423 g/mol. The van der Waals surface area contributed by atoms with Crippen LogP contribution in [0, 0.1) is 0 Å². The molecule has 0 atom stereocenters. The fraction of sp³-hybridized carbons (Fsp3) is 0.143. The van der Waals surface area contributed by atoms with Crippen LogP contribution in [0.2, 0.25) is 26.2 Å². The maximum absolute atomic E-state index is 2.43. The van der Waals surface area contributed by atoms with Crippen LogP contribution < -0.4 is 20.7 Å². The minimum atomic E-state index is -1.65. The fourth-order valence-electron chi connectivity index (χ4n) is 4.20. The van der Waals surface area contributed by atoms with Gasteiger partial charge in [0.15, 0.2) is 0 Å². The van der Waals surface area contributed by atoms with Gasteiger partial charge in [-0.25, -0.2) is 0 Å². The van der Waals surface area contributed by atoms with E-state index in [9.17, 15) is 0 Å². The Bertz CT molecular complexity index is 1000. The van der Waals surface area contributed by atoms with E-state index in [2.05, 4.69) is 135 Å². The normalized spacial score (nSPS) is 12.0. The second-order valence-corrected chi connectivity index (χ2v) is 17.9. The predicted octanol–water partition coefficient (Wildman–Crippen LogP) is 5.00. The lowest BCUT2D eigenvalue weighted by atomic mass is 10.1. The van der Waals surface area contributed by atoms with Gasteiger partial charge in [-0.15, -0.1) is 0 Å². The quantitative estimate of drug-likeness (QED) is 0.397. The van der Waals surface area contributed by atoms with Crippen molar-refractivity contribution in [3.63, 3.8) is 0 Å². The lowest BCUT2D eigenvalue weighted by Crippen LogP contribution is -2.52. The summed E-state index contributed by atoms with van der Waals surface area (Å²) < 4.78 is 0. The monoisotopic (exact) mass is 422 g/mol. The van der Waals surface area contributed by atoms with Gasteiger partial charge in [0.2, 0.25) is 0 Å². The Hall–Kier alpha value is -2.69. The van der Waals surface area contributed by atoms with Crippen LogP contribution in [0.15, 0.2) is 109 Å². The summed E-state index contributed by atoms with van der Waals surface area (Å²) in [5.41, 5.74) is 2.59. The molecular weight excluding hydrogens is 392 g/mol. The largest absolute Gasteiger partial charge is 0.112 e. The van der Waals surface area contributed by atoms with E-state index in [0.717, 1.165) is 0 Å². The first-order chi connectivity index (χ1) is 14.4. The molecule has 150 valence electrons. The van der Waals surface area contributed by atoms with E-state index in [1.165, 1.54) is 31.9 Å². The highest BCUT2D eigenvalue weighted by Crippen LogP contribution is 2.19. The third kappa shape index (κ3) is 3.98. The highest BCUT2D eigenvalue weighted by atomic mass is 28.3. The number of hydrogen-bond donors (Lipinski definition) is 0. The van der Waals surface area contributed by atoms with Gasteiger partial charge < -0.3 is 0 Å². The summed E-state index contributed by atoms with van der Waals surface area (Å²) in [7, 11) is -3.29. The van der Waals surface area contributed by atoms with Crippen molar-refractivity contribution in [2.75, 3.05) is 0 Å². The number of hydrogen-bond acceptors (Lipinski definition) is 0. The van der Waals surface area contributed by atoms with Crippen molar-refractivity contribution in [2.45, 2.75) is 26.2 Å². The molecule has 0 saturated heterocycles. The maximum atomic E-state index is 2.43. The Morgan fingerprint density at radius 2 is 0.600 bits per heavy atom. The van der Waals surface area contributed by atoms with Gasteiger partial charge in [0, 0.05) is 0 Å². The minimum Gasteiger partial charge on any atom is -0.0626 e. The van der Waals surface area contributed by atoms with Crippen LogP contribution in [0.3, 0.4) is 0 Å². The van der Waals surface area contributed by atoms with Crippen LogP contribution in [-0.2, 0) is 0 Å². The lowest BCUT2D eigenvalue weighted by molar-refractivity contribution is 1.62. The summed E-state index contributed by atoms with van der Waals surface area (Å²) in [5, 5.41) is 5.92. The Kier molecular flexibility index (Phi) is 5.63. The summed E-state index contributed by atoms with van der Waals surface area (Å²) in [5.74, 6) is 0. The summed E-state index contributed by atoms with van der Waals surface area (Å²) >= 11 is 0. The van der Waals surface area contributed by atoms with Gasteiger partial charge in [0.1, 0.15) is 16.1 Å². The van der Waals surface area contributed by atoms with Gasteiger partial charge in [-0.05, 0) is 11.1 Å². The molecule has 0 heterocycles. The molecule has 0 amide bonds. The molecule has 30 heavy (non-hydrogen) atoms. The van der Waals surface area contributed by atoms with Crippen molar-refractivity contribution in [2.24, 2.45) is 0 Å². The zero-order chi connectivity index (χ0) is 21.2. The van der Waals surface area contributed by atoms with Crippen LogP contribution in [0.5, 0.6) is 0 Å². The molecule has 0 saturated carbocycles. The molecule has 0 nitrogen and oxygen atoms in total. The van der Waals surface area contributed by atoms with Crippen molar-refractivity contribution in [3.05, 3.63) is 109 Å². The number of rotatable bonds is 5. The molecule has 0 fully saturated rings. The number of benzene rings is 4. The van der Waals surface area contributed by atoms with E-state index in [-0.39, 0.29) is 0 Å². The Labute approximate surface area is 183 Å². The van der Waals surface area contributed by atoms with Crippen molar-refractivity contribution in [3.8, 4) is 11.1 Å². The molecule has 4 aromatic rings. The average Bonchev–Trinajstić information content (AvgIpc) is 2.80. The molecule has 2 heteroatoms. The Morgan fingerprint density at radius 3 is 0.900 bits per heavy atom. The fourth-order valence-corrected chi connectivity index (χ4v) is 8.92. The van der Waals surface area contributed by atoms with E-state index < -0.39 is 16.1 Å². The molecule has 0 aliphatic carbocycles. The molecule has 0 radical (unpaired) electrons. The molecule has 4 rings (SSSR count). The third-order valence-corrected chi connectivity index (χ3v) is 13.6. The van der Waals surface area contributed by atoms with E-state index in [1.54, 1.807) is 0 Å². The van der Waals surface area contributed by atoms with Gasteiger partial charge >= 0.3 is 0 Å². The summed E-state index contributed by atoms with van der Waals surface area (Å²) in [6.45, 7) is 9.73. The molecular formula is C28H30Si2. The first-order valence-electron chi connectivity index (χ1n) is 10.7. The van der Waals surface area contributed by atoms with E-state index in [0.29, 0.717) is 0 Å². The Morgan fingerprint density at radius 1 is 0.333 bits per heavy atom. The molecule has 0 spiro atoms. The zero-order valence-corrected chi connectivity index (χ0v) is 20.4. The second kappa shape index (κ2) is 8.21. The van der Waals surface area contributed by atoms with E-state index in [1.807, 2.05) is 0 Å². The van der Waals surface area contributed by atoms with Gasteiger partial charge in [0.05, 0.1) is 0 Å². The molecule has 4 aromatic carbocycles. The molecule has 0 bridgehead atoms. The van der Waals surface area contributed by atoms with Crippen molar-refractivity contribution >= 4 is 36.9 Å². The summed E-state index contributed by atoms with van der Waals surface area (Å²) in [4.78, 5) is 0. The van der Waals surface area contributed by atoms with E-state index in [4.69, 9.17) is 0 Å². The molecule has 0 N–H and O–H groups in total.